The second-order valence-corrected chi connectivity index (χ2v) is 7.96. The molecule has 1 aliphatic heterocycles. The van der Waals surface area contributed by atoms with Gasteiger partial charge in [0, 0.05) is 38.1 Å². The first-order valence-corrected chi connectivity index (χ1v) is 11.1. The summed E-state index contributed by atoms with van der Waals surface area (Å²) in [4.78, 5) is 28.6. The maximum absolute atomic E-state index is 12.9. The Kier molecular flexibility index (Phi) is 6.93. The number of phenols is 1. The molecule has 1 aromatic heterocycles. The summed E-state index contributed by atoms with van der Waals surface area (Å²) in [7, 11) is 3.08. The number of benzene rings is 2. The van der Waals surface area contributed by atoms with Crippen molar-refractivity contribution in [3.63, 3.8) is 0 Å². The molecule has 0 atom stereocenters. The first-order valence-electron chi connectivity index (χ1n) is 11.1. The Hall–Kier alpha value is -3.72. The number of ether oxygens (including phenoxy) is 3. The van der Waals surface area contributed by atoms with Crippen LogP contribution in [0.1, 0.15) is 12.5 Å². The topological polar surface area (TPSA) is 102 Å². The molecular weight excluding hydrogens is 440 g/mol. The zero-order chi connectivity index (χ0) is 24.2. The van der Waals surface area contributed by atoms with E-state index in [0.29, 0.717) is 78.5 Å². The quantitative estimate of drug-likeness (QED) is 0.549. The highest BCUT2D eigenvalue weighted by Crippen LogP contribution is 2.34. The lowest BCUT2D eigenvalue weighted by atomic mass is 10.0. The molecule has 1 aliphatic rings. The normalized spacial score (nSPS) is 14.3. The van der Waals surface area contributed by atoms with Crippen LogP contribution in [-0.4, -0.2) is 68.0 Å². The minimum atomic E-state index is -0.515. The number of methoxy groups -OCH3 is 2. The van der Waals surface area contributed by atoms with Crippen LogP contribution >= 0.6 is 0 Å². The second-order valence-electron chi connectivity index (χ2n) is 7.96. The Morgan fingerprint density at radius 2 is 1.76 bits per heavy atom. The molecule has 2 aromatic carbocycles. The zero-order valence-corrected chi connectivity index (χ0v) is 19.5. The standard InChI is InChI=1S/C25H28N2O7/c1-4-33-25(30)27-11-9-26(10-12-27)15-19-20(28)7-5-17-13-18(24(29)34-23(17)19)16-6-8-21(31-2)22(14-16)32-3/h5-8,13-14,28H,4,9-12,15H2,1-3H3. The van der Waals surface area contributed by atoms with Crippen molar-refractivity contribution in [2.45, 2.75) is 13.5 Å². The number of hydrogen-bond donors (Lipinski definition) is 1. The van der Waals surface area contributed by atoms with Crippen molar-refractivity contribution in [2.24, 2.45) is 0 Å². The molecule has 4 rings (SSSR count). The van der Waals surface area contributed by atoms with Crippen LogP contribution in [0.3, 0.4) is 0 Å². The van der Waals surface area contributed by atoms with Crippen molar-refractivity contribution < 1.29 is 28.5 Å². The van der Waals surface area contributed by atoms with E-state index in [4.69, 9.17) is 18.6 Å². The monoisotopic (exact) mass is 468 g/mol. The summed E-state index contributed by atoms with van der Waals surface area (Å²) in [6.07, 6.45) is -0.316. The van der Waals surface area contributed by atoms with Gasteiger partial charge in [0.1, 0.15) is 11.3 Å². The largest absolute Gasteiger partial charge is 0.507 e. The molecule has 1 saturated heterocycles. The van der Waals surface area contributed by atoms with Gasteiger partial charge in [-0.1, -0.05) is 6.07 Å². The van der Waals surface area contributed by atoms with Gasteiger partial charge < -0.3 is 28.6 Å². The number of carbonyl (C=O) groups excluding carboxylic acids is 1. The van der Waals surface area contributed by atoms with Gasteiger partial charge in [-0.15, -0.1) is 0 Å². The van der Waals surface area contributed by atoms with E-state index in [1.165, 1.54) is 7.11 Å². The molecule has 0 radical (unpaired) electrons. The molecule has 0 saturated carbocycles. The van der Waals surface area contributed by atoms with E-state index in [1.54, 1.807) is 55.3 Å². The van der Waals surface area contributed by atoms with E-state index in [9.17, 15) is 14.7 Å². The molecule has 1 N–H and O–H groups in total. The number of rotatable bonds is 6. The lowest BCUT2D eigenvalue weighted by molar-refractivity contribution is 0.0776. The van der Waals surface area contributed by atoms with Crippen LogP contribution in [0.25, 0.3) is 22.1 Å². The summed E-state index contributed by atoms with van der Waals surface area (Å²) >= 11 is 0. The van der Waals surface area contributed by atoms with Gasteiger partial charge in [-0.25, -0.2) is 9.59 Å². The number of fused-ring (bicyclic) bond motifs is 1. The number of phenolic OH excluding ortho intramolecular Hbond substituents is 1. The Morgan fingerprint density at radius 1 is 1.03 bits per heavy atom. The predicted molar refractivity (Wildman–Crippen MR) is 127 cm³/mol. The second kappa shape index (κ2) is 10.0. The van der Waals surface area contributed by atoms with Gasteiger partial charge in [0.25, 0.3) is 0 Å². The molecule has 180 valence electrons. The number of hydrogen-bond acceptors (Lipinski definition) is 8. The maximum atomic E-state index is 12.9. The molecule has 1 fully saturated rings. The summed E-state index contributed by atoms with van der Waals surface area (Å²) in [6, 6.07) is 10.3. The van der Waals surface area contributed by atoms with Gasteiger partial charge in [-0.3, -0.25) is 4.90 Å². The van der Waals surface area contributed by atoms with E-state index in [-0.39, 0.29) is 11.8 Å². The predicted octanol–water partition coefficient (Wildman–Crippen LogP) is 3.46. The molecule has 9 nitrogen and oxygen atoms in total. The minimum Gasteiger partial charge on any atom is -0.507 e. The third-order valence-electron chi connectivity index (χ3n) is 5.96. The Labute approximate surface area is 197 Å². The van der Waals surface area contributed by atoms with Crippen LogP contribution in [0.5, 0.6) is 17.2 Å². The number of amides is 1. The van der Waals surface area contributed by atoms with Crippen LogP contribution < -0.4 is 15.1 Å². The molecule has 34 heavy (non-hydrogen) atoms. The Morgan fingerprint density at radius 3 is 2.44 bits per heavy atom. The van der Waals surface area contributed by atoms with Crippen molar-refractivity contribution in [2.75, 3.05) is 47.0 Å². The lowest BCUT2D eigenvalue weighted by Gasteiger charge is -2.34. The Bertz CT molecular complexity index is 1250. The number of aromatic hydroxyl groups is 1. The van der Waals surface area contributed by atoms with Crippen LogP contribution in [-0.2, 0) is 11.3 Å². The van der Waals surface area contributed by atoms with Crippen molar-refractivity contribution in [3.05, 3.63) is 52.4 Å². The fraction of sp³-hybridized carbons (Fsp3) is 0.360. The van der Waals surface area contributed by atoms with Crippen LogP contribution in [0, 0.1) is 0 Å². The number of nitrogens with zero attached hydrogens (tertiary/aromatic N) is 2. The average molecular weight is 469 g/mol. The maximum Gasteiger partial charge on any atom is 0.409 e. The molecule has 0 aliphatic carbocycles. The molecule has 9 heteroatoms. The molecular formula is C25H28N2O7. The van der Waals surface area contributed by atoms with Crippen molar-refractivity contribution in [3.8, 4) is 28.4 Å². The van der Waals surface area contributed by atoms with Crippen LogP contribution in [0.15, 0.2) is 45.6 Å². The third kappa shape index (κ3) is 4.65. The van der Waals surface area contributed by atoms with Crippen molar-refractivity contribution in [1.29, 1.82) is 0 Å². The van der Waals surface area contributed by atoms with Gasteiger partial charge in [-0.05, 0) is 42.8 Å². The van der Waals surface area contributed by atoms with Crippen molar-refractivity contribution in [1.82, 2.24) is 9.80 Å². The fourth-order valence-electron chi connectivity index (χ4n) is 4.12. The van der Waals surface area contributed by atoms with Crippen LogP contribution in [0.4, 0.5) is 4.79 Å². The van der Waals surface area contributed by atoms with Crippen LogP contribution in [0.2, 0.25) is 0 Å². The summed E-state index contributed by atoms with van der Waals surface area (Å²) in [6.45, 7) is 4.79. The van der Waals surface area contributed by atoms with E-state index < -0.39 is 5.63 Å². The van der Waals surface area contributed by atoms with Gasteiger partial charge in [0.2, 0.25) is 0 Å². The lowest BCUT2D eigenvalue weighted by Crippen LogP contribution is -2.48. The molecule has 0 bridgehead atoms. The summed E-state index contributed by atoms with van der Waals surface area (Å²) in [5.74, 6) is 1.13. The van der Waals surface area contributed by atoms with Gasteiger partial charge >= 0.3 is 11.7 Å². The molecule has 0 unspecified atom stereocenters. The number of piperazine rings is 1. The number of carbonyl (C=O) groups is 1. The highest BCUT2D eigenvalue weighted by atomic mass is 16.6. The van der Waals surface area contributed by atoms with Gasteiger partial charge in [-0.2, -0.15) is 0 Å². The summed E-state index contributed by atoms with van der Waals surface area (Å²) < 4.78 is 21.4. The van der Waals surface area contributed by atoms with E-state index in [0.717, 1.165) is 0 Å². The molecule has 2 heterocycles. The summed E-state index contributed by atoms with van der Waals surface area (Å²) in [5.41, 5.74) is 1.39. The van der Waals surface area contributed by atoms with Crippen molar-refractivity contribution >= 4 is 17.1 Å². The van der Waals surface area contributed by atoms with Gasteiger partial charge in [0.15, 0.2) is 11.5 Å². The van der Waals surface area contributed by atoms with Gasteiger partial charge in [0.05, 0.1) is 32.0 Å². The average Bonchev–Trinajstić information content (AvgIpc) is 2.85. The first-order chi connectivity index (χ1) is 16.4. The molecule has 0 spiro atoms. The fourth-order valence-corrected chi connectivity index (χ4v) is 4.12. The third-order valence-corrected chi connectivity index (χ3v) is 5.96. The molecule has 1 amide bonds. The molecule has 3 aromatic rings. The first kappa shape index (κ1) is 23.4. The summed E-state index contributed by atoms with van der Waals surface area (Å²) in [5, 5.41) is 11.2. The minimum absolute atomic E-state index is 0.0577. The smallest absolute Gasteiger partial charge is 0.409 e. The van der Waals surface area contributed by atoms with E-state index >= 15 is 0 Å². The zero-order valence-electron chi connectivity index (χ0n) is 19.5. The highest BCUT2D eigenvalue weighted by molar-refractivity contribution is 5.86. The van der Waals surface area contributed by atoms with E-state index in [2.05, 4.69) is 4.90 Å². The highest BCUT2D eigenvalue weighted by Gasteiger charge is 2.24. The Balaban J connectivity index is 1.62. The van der Waals surface area contributed by atoms with E-state index in [1.807, 2.05) is 0 Å². The SMILES string of the molecule is CCOC(=O)N1CCN(Cc2c(O)ccc3cc(-c4ccc(OC)c(OC)c4)c(=O)oc23)CC1.